The van der Waals surface area contributed by atoms with Gasteiger partial charge in [0.2, 0.25) is 0 Å². The lowest BCUT2D eigenvalue weighted by Gasteiger charge is -2.32. The smallest absolute Gasteiger partial charge is 0.314 e. The summed E-state index contributed by atoms with van der Waals surface area (Å²) in [5, 5.41) is 0. The fourth-order valence-electron chi connectivity index (χ4n) is 2.29. The maximum atomic E-state index is 12.3. The van der Waals surface area contributed by atoms with E-state index in [0.29, 0.717) is 19.8 Å². The highest BCUT2D eigenvalue weighted by Crippen LogP contribution is 2.37. The Bertz CT molecular complexity index is 480. The molecular weight excluding hydrogens is 308 g/mol. The topological polar surface area (TPSA) is 44.8 Å². The first-order valence-electron chi connectivity index (χ1n) is 8.16. The Balaban J connectivity index is 2.84. The van der Waals surface area contributed by atoms with Gasteiger partial charge in [0.15, 0.2) is 8.32 Å². The van der Waals surface area contributed by atoms with E-state index in [1.54, 1.807) is 0 Å². The molecule has 0 spiro atoms. The summed E-state index contributed by atoms with van der Waals surface area (Å²) in [5.41, 5.74) is 0.204. The number of hydrogen-bond donors (Lipinski definition) is 0. The summed E-state index contributed by atoms with van der Waals surface area (Å²) < 4.78 is 17.1. The summed E-state index contributed by atoms with van der Waals surface area (Å²) >= 11 is 0. The molecule has 0 fully saturated rings. The van der Waals surface area contributed by atoms with Crippen LogP contribution in [0.25, 0.3) is 0 Å². The summed E-state index contributed by atoms with van der Waals surface area (Å²) in [7, 11) is -1.56. The van der Waals surface area contributed by atoms with E-state index in [0.717, 1.165) is 5.56 Å². The SMILES string of the molecule is CCOC(=O)C(C)(C)[C@@H](OCCO[Si](C)(C)C)c1ccccc1. The van der Waals surface area contributed by atoms with Gasteiger partial charge in [0.25, 0.3) is 0 Å². The van der Waals surface area contributed by atoms with Crippen molar-refractivity contribution >= 4 is 14.3 Å². The Hall–Kier alpha value is -1.17. The zero-order valence-corrected chi connectivity index (χ0v) is 16.2. The molecule has 4 nitrogen and oxygen atoms in total. The van der Waals surface area contributed by atoms with Gasteiger partial charge in [-0.2, -0.15) is 0 Å². The minimum Gasteiger partial charge on any atom is -0.465 e. The highest BCUT2D eigenvalue weighted by molar-refractivity contribution is 6.69. The van der Waals surface area contributed by atoms with Crippen molar-refractivity contribution in [3.05, 3.63) is 35.9 Å². The Morgan fingerprint density at radius 3 is 2.26 bits per heavy atom. The molecule has 5 heteroatoms. The van der Waals surface area contributed by atoms with Gasteiger partial charge in [0, 0.05) is 0 Å². The average Bonchev–Trinajstić information content (AvgIpc) is 2.47. The van der Waals surface area contributed by atoms with Crippen LogP contribution in [0.5, 0.6) is 0 Å². The highest BCUT2D eigenvalue weighted by Gasteiger charge is 2.40. The molecule has 130 valence electrons. The first-order chi connectivity index (χ1) is 10.7. The van der Waals surface area contributed by atoms with Crippen LogP contribution >= 0.6 is 0 Å². The van der Waals surface area contributed by atoms with Crippen LogP contribution in [0.4, 0.5) is 0 Å². The van der Waals surface area contributed by atoms with Gasteiger partial charge in [0.1, 0.15) is 0 Å². The molecule has 0 bridgehead atoms. The number of esters is 1. The van der Waals surface area contributed by atoms with Gasteiger partial charge in [-0.15, -0.1) is 0 Å². The summed E-state index contributed by atoms with van der Waals surface area (Å²) in [5.74, 6) is -0.250. The van der Waals surface area contributed by atoms with Crippen LogP contribution in [0.15, 0.2) is 30.3 Å². The molecule has 0 aliphatic heterocycles. The second-order valence-electron chi connectivity index (χ2n) is 7.06. The first-order valence-corrected chi connectivity index (χ1v) is 11.6. The molecule has 0 heterocycles. The van der Waals surface area contributed by atoms with Crippen LogP contribution in [0.3, 0.4) is 0 Å². The molecule has 0 saturated heterocycles. The molecule has 23 heavy (non-hydrogen) atoms. The number of carbonyl (C=O) groups excluding carboxylic acids is 1. The van der Waals surface area contributed by atoms with Gasteiger partial charge in [-0.1, -0.05) is 30.3 Å². The van der Waals surface area contributed by atoms with Crippen molar-refractivity contribution in [2.45, 2.75) is 46.5 Å². The largest absolute Gasteiger partial charge is 0.465 e. The van der Waals surface area contributed by atoms with Gasteiger partial charge >= 0.3 is 5.97 Å². The quantitative estimate of drug-likeness (QED) is 0.385. The molecule has 0 aliphatic carbocycles. The lowest BCUT2D eigenvalue weighted by Crippen LogP contribution is -2.36. The minimum atomic E-state index is -1.56. The van der Waals surface area contributed by atoms with Crippen LogP contribution in [0.1, 0.15) is 32.4 Å². The third kappa shape index (κ3) is 6.45. The number of ether oxygens (including phenoxy) is 2. The summed E-state index contributed by atoms with van der Waals surface area (Å²) in [6.45, 7) is 13.3. The van der Waals surface area contributed by atoms with Gasteiger partial charge in [-0.25, -0.2) is 0 Å². The zero-order valence-electron chi connectivity index (χ0n) is 15.2. The van der Waals surface area contributed by atoms with Crippen LogP contribution < -0.4 is 0 Å². The number of rotatable bonds is 9. The molecule has 0 aliphatic rings. The van der Waals surface area contributed by atoms with Crippen LogP contribution in [0, 0.1) is 5.41 Å². The van der Waals surface area contributed by atoms with Crippen LogP contribution in [0.2, 0.25) is 19.6 Å². The Kier molecular flexibility index (Phi) is 7.44. The van der Waals surface area contributed by atoms with Gasteiger partial charge in [-0.3, -0.25) is 4.79 Å². The third-order valence-corrected chi connectivity index (χ3v) is 4.53. The maximum Gasteiger partial charge on any atom is 0.314 e. The Morgan fingerprint density at radius 2 is 1.74 bits per heavy atom. The van der Waals surface area contributed by atoms with E-state index >= 15 is 0 Å². The van der Waals surface area contributed by atoms with E-state index in [1.807, 2.05) is 51.1 Å². The van der Waals surface area contributed by atoms with Crippen molar-refractivity contribution < 1.29 is 18.7 Å². The van der Waals surface area contributed by atoms with Gasteiger partial charge < -0.3 is 13.9 Å². The zero-order chi connectivity index (χ0) is 17.5. The normalized spacial score (nSPS) is 13.7. The molecule has 1 rings (SSSR count). The number of benzene rings is 1. The van der Waals surface area contributed by atoms with Crippen molar-refractivity contribution in [2.24, 2.45) is 5.41 Å². The predicted octanol–water partition coefficient (Wildman–Crippen LogP) is 4.19. The van der Waals surface area contributed by atoms with Crippen molar-refractivity contribution in [3.8, 4) is 0 Å². The van der Waals surface area contributed by atoms with E-state index in [2.05, 4.69) is 19.6 Å². The van der Waals surface area contributed by atoms with E-state index in [9.17, 15) is 4.79 Å². The number of carbonyl (C=O) groups is 1. The van der Waals surface area contributed by atoms with Gasteiger partial charge in [0.05, 0.1) is 31.3 Å². The van der Waals surface area contributed by atoms with E-state index in [1.165, 1.54) is 0 Å². The fourth-order valence-corrected chi connectivity index (χ4v) is 2.98. The summed E-state index contributed by atoms with van der Waals surface area (Å²) in [6, 6.07) is 9.80. The maximum absolute atomic E-state index is 12.3. The molecule has 1 atom stereocenters. The van der Waals surface area contributed by atoms with E-state index in [4.69, 9.17) is 13.9 Å². The summed E-state index contributed by atoms with van der Waals surface area (Å²) in [6.07, 6.45) is -0.368. The lowest BCUT2D eigenvalue weighted by atomic mass is 9.82. The molecule has 0 aromatic heterocycles. The van der Waals surface area contributed by atoms with E-state index < -0.39 is 13.7 Å². The molecule has 0 unspecified atom stereocenters. The molecule has 0 saturated carbocycles. The van der Waals surface area contributed by atoms with Crippen LogP contribution in [-0.4, -0.2) is 34.1 Å². The third-order valence-electron chi connectivity index (χ3n) is 3.46. The molecule has 1 aromatic carbocycles. The minimum absolute atomic E-state index is 0.250. The average molecular weight is 339 g/mol. The molecular formula is C18H30O4Si. The predicted molar refractivity (Wildman–Crippen MR) is 94.8 cm³/mol. The highest BCUT2D eigenvalue weighted by atomic mass is 28.4. The van der Waals surface area contributed by atoms with Crippen molar-refractivity contribution in [3.63, 3.8) is 0 Å². The molecule has 1 aromatic rings. The second kappa shape index (κ2) is 8.62. The molecule has 0 amide bonds. The van der Waals surface area contributed by atoms with Crippen molar-refractivity contribution in [1.29, 1.82) is 0 Å². The first kappa shape index (κ1) is 19.9. The lowest BCUT2D eigenvalue weighted by molar-refractivity contribution is -0.164. The Labute approximate surface area is 141 Å². The van der Waals surface area contributed by atoms with Crippen molar-refractivity contribution in [2.75, 3.05) is 19.8 Å². The summed E-state index contributed by atoms with van der Waals surface area (Å²) in [4.78, 5) is 12.3. The number of hydrogen-bond acceptors (Lipinski definition) is 4. The fraction of sp³-hybridized carbons (Fsp3) is 0.611. The Morgan fingerprint density at radius 1 is 1.13 bits per heavy atom. The van der Waals surface area contributed by atoms with Crippen LogP contribution in [-0.2, 0) is 18.7 Å². The van der Waals surface area contributed by atoms with E-state index in [-0.39, 0.29) is 12.1 Å². The monoisotopic (exact) mass is 338 g/mol. The van der Waals surface area contributed by atoms with Gasteiger partial charge in [-0.05, 0) is 46.0 Å². The van der Waals surface area contributed by atoms with Crippen molar-refractivity contribution in [1.82, 2.24) is 0 Å². The second-order valence-corrected chi connectivity index (χ2v) is 11.6. The molecule has 0 N–H and O–H groups in total. The standard InChI is InChI=1S/C18H30O4Si/c1-7-20-17(19)18(2,3)16(15-11-9-8-10-12-15)21-13-14-22-23(4,5)6/h8-12,16H,7,13-14H2,1-6H3/t16-/m0/s1. The molecule has 0 radical (unpaired) electrons.